The van der Waals surface area contributed by atoms with Crippen LogP contribution in [0, 0.1) is 16.7 Å². The van der Waals surface area contributed by atoms with Gasteiger partial charge < -0.3 is 122 Å². The lowest BCUT2D eigenvalue weighted by Gasteiger charge is -2.28. The van der Waals surface area contributed by atoms with Gasteiger partial charge in [-0.25, -0.2) is 15.0 Å². The van der Waals surface area contributed by atoms with E-state index < -0.39 is 198 Å². The first-order valence-corrected chi connectivity index (χ1v) is 39.3. The molecule has 0 radical (unpaired) electrons. The van der Waals surface area contributed by atoms with Crippen molar-refractivity contribution in [3.63, 3.8) is 0 Å². The molecule has 1 saturated heterocycles. The summed E-state index contributed by atoms with van der Waals surface area (Å²) < 4.78 is 0. The van der Waals surface area contributed by atoms with Crippen molar-refractivity contribution in [2.75, 3.05) is 44.3 Å². The maximum atomic E-state index is 15.1. The number of primary amides is 1. The van der Waals surface area contributed by atoms with Gasteiger partial charge in [0.15, 0.2) is 11.9 Å². The van der Waals surface area contributed by atoms with Crippen molar-refractivity contribution in [1.82, 2.24) is 115 Å². The average Bonchev–Trinajstić information content (AvgIpc) is 1.71. The molecule has 0 aliphatic carbocycles. The number of imidazole rings is 3. The van der Waals surface area contributed by atoms with Crippen molar-refractivity contribution in [3.05, 3.63) is 162 Å². The average molecular weight is 1660 g/mol. The van der Waals surface area contributed by atoms with Crippen LogP contribution in [-0.4, -0.2) is 245 Å². The molecule has 8 rings (SSSR count). The third kappa shape index (κ3) is 29.8. The fourth-order valence-electron chi connectivity index (χ4n) is 12.6. The number of benzene rings is 3. The molecule has 4 aromatic heterocycles. The Bertz CT molecular complexity index is 4610. The normalized spacial score (nSPS) is 22.0. The number of carbonyl (C=O) groups is 14. The first-order valence-electron chi connectivity index (χ1n) is 38.2. The topological polar surface area (TPSA) is 667 Å². The van der Waals surface area contributed by atoms with Crippen molar-refractivity contribution in [3.8, 4) is 0 Å². The van der Waals surface area contributed by atoms with Crippen LogP contribution in [0.15, 0.2) is 129 Å². The number of thioether (sulfide) groups is 1. The summed E-state index contributed by atoms with van der Waals surface area (Å²) in [6.07, 6.45) is 7.70. The van der Waals surface area contributed by atoms with E-state index in [9.17, 15) is 57.8 Å². The second-order valence-electron chi connectivity index (χ2n) is 28.3. The monoisotopic (exact) mass is 1660 g/mol. The minimum absolute atomic E-state index is 0.0185. The molecule has 1 aliphatic heterocycles. The number of nitrogens with zero attached hydrogens (tertiary/aromatic N) is 3. The van der Waals surface area contributed by atoms with Gasteiger partial charge >= 0.3 is 0 Å². The molecule has 0 saturated carbocycles. The zero-order valence-corrected chi connectivity index (χ0v) is 66.0. The van der Waals surface area contributed by atoms with Gasteiger partial charge in [0.25, 0.3) is 0 Å². The predicted molar refractivity (Wildman–Crippen MR) is 433 cm³/mol. The Morgan fingerprint density at radius 3 is 1.35 bits per heavy atom. The highest BCUT2D eigenvalue weighted by atomic mass is 32.2. The SMILES string of the molecule is CC(C)[C@@H]1NC(=O)[C@H](Cc2ccccc2)NC(=O)CSC[C@@H](C(=O)NCC(N)=O)NC(=O)[C@H](Cc2c[nH]cn2)NC(=O)[C@H](CCCNC(=N)N)NC(=O)[C@H](Cc2c[nH]cn2)NC(=O)[C@H](Cc2ccccc2)NC(=O)[C@H](CCCNC(=N)N)NC(=O)[C@H](CO)NC(=O)CNC(=O)[C@H](Cc2c[nH]cn2)NC(=O)[C@H](Cc2c[nH]c3ccccc23)NC1=O. The highest BCUT2D eigenvalue weighted by molar-refractivity contribution is 8.00. The number of nitrogens with two attached hydrogens (primary N) is 3. The molecule has 0 bridgehead atoms. The number of fused-ring (bicyclic) bond motifs is 1. The van der Waals surface area contributed by atoms with E-state index in [1.165, 1.54) is 37.6 Å². The molecule has 42 nitrogen and oxygen atoms in total. The standard InChI is InChI=1S/C76H101N27O15S/c1-41(2)63-74(118)101-54(25-44-29-87-49-18-10-9-17-48(44)49)69(113)98-55(26-45-30-82-38-90-45)64(108)89-34-61(106)94-58(35-104)73(117)96-51(20-12-22-86-76(80)81)66(110)97-53(24-43-15-7-4-8-16-43)68(112)100-56(27-46-31-83-39-91-46)70(114)95-50(19-11-21-85-75(78)79)67(111)99-57(28-47-32-84-40-92-47)71(115)102-59(65(109)88-33-60(77)105)36-119-37-62(107)93-52(72(116)103-63)23-42-13-5-3-6-14-42/h3-10,13-18,29-32,38-41,50-59,63,87,104H,11-12,19-28,33-37H2,1-2H3,(H2,77,105)(H,82,90)(H,83,91)(H,84,92)(H,88,109)(H,89,108)(H,93,107)(H,94,106)(H,95,114)(H,96,117)(H,97,110)(H,98,113)(H,99,111)(H,100,112)(H,101,118)(H,102,115)(H,103,116)(H4,78,79,85)(H4,80,81,86)/t50-,51-,52-,53-,54-,55-,56-,57-,58-,59-,63-/m0/s1. The highest BCUT2D eigenvalue weighted by Crippen LogP contribution is 2.21. The molecule has 0 unspecified atom stereocenters. The fraction of sp³-hybridized carbons (Fsp3) is 0.408. The third-order valence-corrected chi connectivity index (χ3v) is 19.7. The van der Waals surface area contributed by atoms with Gasteiger partial charge in [0.2, 0.25) is 82.7 Å². The third-order valence-electron chi connectivity index (χ3n) is 18.7. The zero-order chi connectivity index (χ0) is 85.9. The summed E-state index contributed by atoms with van der Waals surface area (Å²) in [5, 5.41) is 65.9. The van der Waals surface area contributed by atoms with E-state index in [0.29, 0.717) is 27.6 Å². The van der Waals surface area contributed by atoms with Crippen molar-refractivity contribution >= 4 is 117 Å². The van der Waals surface area contributed by atoms with Gasteiger partial charge in [0, 0.05) is 93.1 Å². The van der Waals surface area contributed by atoms with E-state index in [1.54, 1.807) is 105 Å². The molecular weight excluding hydrogens is 1560 g/mol. The summed E-state index contributed by atoms with van der Waals surface area (Å²) >= 11 is 0.797. The van der Waals surface area contributed by atoms with E-state index >= 15 is 14.4 Å². The Morgan fingerprint density at radius 1 is 0.471 bits per heavy atom. The minimum atomic E-state index is -1.83. The lowest BCUT2D eigenvalue weighted by atomic mass is 9.99. The molecule has 119 heavy (non-hydrogen) atoms. The number of hydrogen-bond donors (Lipinski definition) is 25. The Labute approximate surface area is 686 Å². The number of aliphatic hydroxyl groups is 1. The molecule has 1 aliphatic rings. The number of hydrogen-bond acceptors (Lipinski definition) is 21. The molecule has 636 valence electrons. The number of carbonyl (C=O) groups excluding carboxylic acids is 14. The molecule has 7 aromatic rings. The van der Waals surface area contributed by atoms with Gasteiger partial charge in [-0.05, 0) is 54.4 Å². The number of aromatic amines is 4. The quantitative estimate of drug-likeness (QED) is 0.0144. The van der Waals surface area contributed by atoms with Crippen molar-refractivity contribution < 1.29 is 72.2 Å². The minimum Gasteiger partial charge on any atom is -0.394 e. The second kappa shape index (κ2) is 46.1. The lowest BCUT2D eigenvalue weighted by Crippen LogP contribution is -2.61. The summed E-state index contributed by atoms with van der Waals surface area (Å²) in [4.78, 5) is 227. The fourth-order valence-corrected chi connectivity index (χ4v) is 13.4. The van der Waals surface area contributed by atoms with Crippen LogP contribution in [-0.2, 0) is 106 Å². The maximum absolute atomic E-state index is 15.1. The van der Waals surface area contributed by atoms with Gasteiger partial charge in [-0.1, -0.05) is 92.7 Å². The summed E-state index contributed by atoms with van der Waals surface area (Å²) in [6, 6.07) is 6.46. The van der Waals surface area contributed by atoms with Crippen LogP contribution in [0.2, 0.25) is 0 Å². The summed E-state index contributed by atoms with van der Waals surface area (Å²) in [5.41, 5.74) is 19.5. The Morgan fingerprint density at radius 2 is 0.882 bits per heavy atom. The number of amides is 14. The van der Waals surface area contributed by atoms with Crippen LogP contribution < -0.4 is 97.0 Å². The molecule has 5 heterocycles. The van der Waals surface area contributed by atoms with Crippen LogP contribution >= 0.6 is 11.8 Å². The Balaban J connectivity index is 1.17. The Hall–Kier alpha value is -13.7. The van der Waals surface area contributed by atoms with E-state index in [4.69, 9.17) is 28.0 Å². The van der Waals surface area contributed by atoms with Crippen molar-refractivity contribution in [2.24, 2.45) is 23.1 Å². The number of aliphatic hydroxyl groups excluding tert-OH is 1. The number of H-pyrrole nitrogens is 4. The largest absolute Gasteiger partial charge is 0.394 e. The molecule has 1 fully saturated rings. The van der Waals surface area contributed by atoms with E-state index in [2.05, 4.69) is 115 Å². The van der Waals surface area contributed by atoms with Crippen molar-refractivity contribution in [2.45, 2.75) is 145 Å². The lowest BCUT2D eigenvalue weighted by molar-refractivity contribution is -0.136. The first kappa shape index (κ1) is 90.8. The van der Waals surface area contributed by atoms with Gasteiger partial charge in [-0.15, -0.1) is 11.8 Å². The first-order chi connectivity index (χ1) is 57.1. The van der Waals surface area contributed by atoms with Crippen LogP contribution in [0.4, 0.5) is 0 Å². The van der Waals surface area contributed by atoms with E-state index in [-0.39, 0.29) is 94.4 Å². The van der Waals surface area contributed by atoms with Crippen LogP contribution in [0.3, 0.4) is 0 Å². The molecule has 11 atom stereocenters. The smallest absolute Gasteiger partial charge is 0.245 e. The number of para-hydroxylation sites is 1. The molecule has 14 amide bonds. The number of aromatic nitrogens is 7. The zero-order valence-electron chi connectivity index (χ0n) is 65.2. The maximum Gasteiger partial charge on any atom is 0.245 e. The summed E-state index contributed by atoms with van der Waals surface area (Å²) in [7, 11) is 0. The predicted octanol–water partition coefficient (Wildman–Crippen LogP) is -5.93. The molecule has 3 aromatic carbocycles. The molecule has 0 spiro atoms. The molecular formula is C76H101N27O15S. The molecule has 43 heteroatoms. The van der Waals surface area contributed by atoms with Crippen molar-refractivity contribution in [1.29, 1.82) is 10.8 Å². The van der Waals surface area contributed by atoms with E-state index in [1.807, 2.05) is 0 Å². The number of guanidine groups is 2. The number of nitrogens with one attached hydrogen (secondary N) is 21. The summed E-state index contributed by atoms with van der Waals surface area (Å²) in [6.45, 7) is 0.508. The van der Waals surface area contributed by atoms with Gasteiger partial charge in [0.1, 0.15) is 66.5 Å². The number of rotatable bonds is 25. The Kier molecular flexibility index (Phi) is 35.2. The van der Waals surface area contributed by atoms with Gasteiger partial charge in [0.05, 0.1) is 61.5 Å². The van der Waals surface area contributed by atoms with Gasteiger partial charge in [-0.3, -0.25) is 77.9 Å². The summed E-state index contributed by atoms with van der Waals surface area (Å²) in [5.74, 6) is -16.1. The van der Waals surface area contributed by atoms with E-state index in [0.717, 1.165) is 11.8 Å². The van der Waals surface area contributed by atoms with Crippen LogP contribution in [0.1, 0.15) is 73.3 Å². The van der Waals surface area contributed by atoms with Crippen LogP contribution in [0.25, 0.3) is 10.9 Å². The second-order valence-corrected chi connectivity index (χ2v) is 29.3. The van der Waals surface area contributed by atoms with Crippen LogP contribution in [0.5, 0.6) is 0 Å². The van der Waals surface area contributed by atoms with Gasteiger partial charge in [-0.2, -0.15) is 0 Å². The highest BCUT2D eigenvalue weighted by Gasteiger charge is 2.38. The molecule has 28 N–H and O–H groups in total.